The first-order chi connectivity index (χ1) is 18.2. The maximum Gasteiger partial charge on any atom is 0.294 e. The lowest BCUT2D eigenvalue weighted by atomic mass is 10.2. The summed E-state index contributed by atoms with van der Waals surface area (Å²) in [6, 6.07) is 0. The van der Waals surface area contributed by atoms with Gasteiger partial charge in [-0.2, -0.15) is 0 Å². The zero-order valence-corrected chi connectivity index (χ0v) is 31.5. The number of alkyl halides is 2. The summed E-state index contributed by atoms with van der Waals surface area (Å²) in [5.41, 5.74) is 0. The molecule has 0 spiro atoms. The van der Waals surface area contributed by atoms with E-state index in [1.165, 1.54) is 125 Å². The maximum absolute atomic E-state index is 9.92. The third kappa shape index (κ3) is 31.9. The average Bonchev–Trinajstić information content (AvgIpc) is 2.85. The predicted octanol–water partition coefficient (Wildman–Crippen LogP) is 7.59. The Kier molecular flexibility index (Phi) is 32.0. The van der Waals surface area contributed by atoms with Crippen LogP contribution in [-0.4, -0.2) is 65.9 Å². The van der Waals surface area contributed by atoms with Gasteiger partial charge in [0, 0.05) is 0 Å². The van der Waals surface area contributed by atoms with Crippen LogP contribution in [0.4, 0.5) is 0 Å². The highest BCUT2D eigenvalue weighted by atomic mass is 79.9. The summed E-state index contributed by atoms with van der Waals surface area (Å²) < 4.78 is 28.4. The molecular formula is C27H62Br2N2O6P2. The second-order valence-electron chi connectivity index (χ2n) is 10.9. The fourth-order valence-corrected chi connectivity index (χ4v) is 6.27. The standard InChI is InChI=1S/2C13H30N.CH4Br2O6P2/c2*1-5-8-11-14(4,12-9-6-2)13-10-7-3;2-1(3,8-10(4)5)9-11(6)7/h2*5-13H2,1-4H3;10-11H,(H,4,5)(H,6,7)/q2*+1;/p-2. The summed E-state index contributed by atoms with van der Waals surface area (Å²) in [6.45, 7) is 22.1. The van der Waals surface area contributed by atoms with Gasteiger partial charge in [-0.1, -0.05) is 80.1 Å². The molecule has 0 aromatic rings. The molecular weight excluding hydrogens is 670 g/mol. The molecule has 0 saturated carbocycles. The molecule has 0 fully saturated rings. The first-order valence-corrected chi connectivity index (χ1v) is 19.1. The Morgan fingerprint density at radius 3 is 0.846 bits per heavy atom. The number of halogens is 2. The Morgan fingerprint density at radius 1 is 0.538 bits per heavy atom. The second-order valence-corrected chi connectivity index (χ2v) is 15.4. The Morgan fingerprint density at radius 2 is 0.718 bits per heavy atom. The van der Waals surface area contributed by atoms with E-state index in [0.29, 0.717) is 0 Å². The highest BCUT2D eigenvalue weighted by molar-refractivity contribution is 9.25. The highest BCUT2D eigenvalue weighted by Gasteiger charge is 2.25. The number of hydrogen-bond acceptors (Lipinski definition) is 6. The zero-order valence-electron chi connectivity index (χ0n) is 26.3. The molecule has 0 heterocycles. The molecule has 0 aliphatic carbocycles. The van der Waals surface area contributed by atoms with Crippen LogP contribution in [0, 0.1) is 0 Å². The molecule has 2 atom stereocenters. The normalized spacial score (nSPS) is 13.6. The van der Waals surface area contributed by atoms with E-state index in [0.717, 1.165) is 0 Å². The predicted molar refractivity (Wildman–Crippen MR) is 172 cm³/mol. The molecule has 8 nitrogen and oxygen atoms in total. The van der Waals surface area contributed by atoms with Crippen molar-refractivity contribution in [3.05, 3.63) is 0 Å². The monoisotopic (exact) mass is 730 g/mol. The van der Waals surface area contributed by atoms with Crippen molar-refractivity contribution in [1.82, 2.24) is 0 Å². The zero-order chi connectivity index (χ0) is 30.8. The van der Waals surface area contributed by atoms with Crippen LogP contribution < -0.4 is 9.79 Å². The van der Waals surface area contributed by atoms with Gasteiger partial charge < -0.3 is 27.9 Å². The smallest absolute Gasteiger partial charge is 0.294 e. The molecule has 0 saturated heterocycles. The number of quaternary nitrogens is 2. The van der Waals surface area contributed by atoms with Gasteiger partial charge in [0.15, 0.2) is 0 Å². The number of unbranched alkanes of at least 4 members (excludes halogenated alkanes) is 6. The van der Waals surface area contributed by atoms with E-state index >= 15 is 0 Å². The van der Waals surface area contributed by atoms with E-state index in [9.17, 15) is 18.9 Å². The summed E-state index contributed by atoms with van der Waals surface area (Å²) in [5.74, 6) is 0. The molecule has 0 aliphatic rings. The summed E-state index contributed by atoms with van der Waals surface area (Å²) in [5, 5.41) is 0. The summed E-state index contributed by atoms with van der Waals surface area (Å²) >= 11 is 5.01. The quantitative estimate of drug-likeness (QED) is 0.0493. The summed E-state index contributed by atoms with van der Waals surface area (Å²) in [4.78, 5) is 19.8. The molecule has 0 rings (SSSR count). The van der Waals surface area contributed by atoms with Gasteiger partial charge in [0.1, 0.15) is 16.5 Å². The minimum absolute atomic E-state index is 1.32. The van der Waals surface area contributed by atoms with Crippen molar-refractivity contribution in [2.45, 2.75) is 122 Å². The Bertz CT molecular complexity index is 513. The van der Waals surface area contributed by atoms with Crippen LogP contribution in [0.5, 0.6) is 0 Å². The fraction of sp³-hybridized carbons (Fsp3) is 1.00. The summed E-state index contributed by atoms with van der Waals surface area (Å²) in [6.07, 6.45) is 16.4. The minimum atomic E-state index is -3.52. The Balaban J connectivity index is -0.000000503. The van der Waals surface area contributed by atoms with Crippen molar-refractivity contribution < 1.29 is 36.9 Å². The largest absolute Gasteiger partial charge is 0.781 e. The maximum atomic E-state index is 9.92. The molecule has 0 bridgehead atoms. The van der Waals surface area contributed by atoms with E-state index < -0.39 is 20.1 Å². The van der Waals surface area contributed by atoms with Crippen molar-refractivity contribution in [2.24, 2.45) is 0 Å². The number of hydrogen-bond donors (Lipinski definition) is 0. The van der Waals surface area contributed by atoms with Gasteiger partial charge in [-0.15, -0.1) is 0 Å². The molecule has 240 valence electrons. The first-order valence-electron chi connectivity index (χ1n) is 15.0. The van der Waals surface area contributed by atoms with E-state index in [4.69, 9.17) is 0 Å². The molecule has 0 aromatic heterocycles. The van der Waals surface area contributed by atoms with Crippen molar-refractivity contribution in [2.75, 3.05) is 53.4 Å². The van der Waals surface area contributed by atoms with Gasteiger partial charge >= 0.3 is 0 Å². The van der Waals surface area contributed by atoms with Crippen LogP contribution in [0.3, 0.4) is 0 Å². The molecule has 0 radical (unpaired) electrons. The third-order valence-corrected chi connectivity index (χ3v) is 9.46. The van der Waals surface area contributed by atoms with Crippen LogP contribution in [0.1, 0.15) is 119 Å². The van der Waals surface area contributed by atoms with Crippen LogP contribution in [-0.2, 0) is 18.2 Å². The van der Waals surface area contributed by atoms with Crippen molar-refractivity contribution in [1.29, 1.82) is 0 Å². The van der Waals surface area contributed by atoms with E-state index in [-0.39, 0.29) is 0 Å². The molecule has 12 heteroatoms. The minimum Gasteiger partial charge on any atom is -0.781 e. The molecule has 0 aromatic carbocycles. The number of rotatable bonds is 22. The molecule has 0 aliphatic heterocycles. The van der Waals surface area contributed by atoms with Gasteiger partial charge in [-0.05, 0) is 70.4 Å². The molecule has 2 unspecified atom stereocenters. The number of nitrogens with zero attached hydrogens (tertiary/aromatic N) is 2. The third-order valence-electron chi connectivity index (χ3n) is 6.71. The van der Waals surface area contributed by atoms with Crippen LogP contribution in [0.25, 0.3) is 0 Å². The first kappa shape index (κ1) is 44.6. The average molecular weight is 733 g/mol. The van der Waals surface area contributed by atoms with Crippen LogP contribution in [0.2, 0.25) is 0 Å². The molecule has 39 heavy (non-hydrogen) atoms. The van der Waals surface area contributed by atoms with Gasteiger partial charge in [-0.3, -0.25) is 9.05 Å². The van der Waals surface area contributed by atoms with Gasteiger partial charge in [0.2, 0.25) is 0 Å². The fourth-order valence-electron chi connectivity index (χ4n) is 4.12. The lowest BCUT2D eigenvalue weighted by Gasteiger charge is -2.34. The lowest BCUT2D eigenvalue weighted by molar-refractivity contribution is -0.910. The topological polar surface area (TPSA) is 98.7 Å². The van der Waals surface area contributed by atoms with Crippen LogP contribution in [0.15, 0.2) is 0 Å². The Hall–Kier alpha value is 1.18. The second kappa shape index (κ2) is 28.0. The van der Waals surface area contributed by atoms with Crippen molar-refractivity contribution in [3.63, 3.8) is 0 Å². The van der Waals surface area contributed by atoms with E-state index in [2.05, 4.69) is 96.5 Å². The highest BCUT2D eigenvalue weighted by Crippen LogP contribution is 2.40. The lowest BCUT2D eigenvalue weighted by Crippen LogP contribution is -2.46. The van der Waals surface area contributed by atoms with Crippen LogP contribution >= 0.6 is 48.4 Å². The molecule has 0 amide bonds. The van der Waals surface area contributed by atoms with Crippen molar-refractivity contribution >= 4 is 48.4 Å². The van der Waals surface area contributed by atoms with Crippen molar-refractivity contribution in [3.8, 4) is 0 Å². The molecule has 0 N–H and O–H groups in total. The van der Waals surface area contributed by atoms with Gasteiger partial charge in [0.05, 0.1) is 53.4 Å². The van der Waals surface area contributed by atoms with E-state index in [1.807, 2.05) is 0 Å². The van der Waals surface area contributed by atoms with Gasteiger partial charge in [-0.25, -0.2) is 0 Å². The van der Waals surface area contributed by atoms with Gasteiger partial charge in [0.25, 0.3) is 3.61 Å². The SMILES string of the molecule is CCCC[N+](C)(CCCC)CCCC.CCCC[N+](C)(CCCC)CCCC.O=[PH]([O-])OC(Br)(Br)O[PH](=O)[O-]. The van der Waals surface area contributed by atoms with E-state index in [1.54, 1.807) is 0 Å². The summed E-state index contributed by atoms with van der Waals surface area (Å²) in [7, 11) is -2.14. The Labute approximate surface area is 259 Å².